The van der Waals surface area contributed by atoms with E-state index in [1.54, 1.807) is 0 Å². The molecule has 2 rings (SSSR count). The highest BCUT2D eigenvalue weighted by Crippen LogP contribution is 2.21. The highest BCUT2D eigenvalue weighted by Gasteiger charge is 2.26. The van der Waals surface area contributed by atoms with Gasteiger partial charge in [-0.2, -0.15) is 0 Å². The third-order valence-corrected chi connectivity index (χ3v) is 3.79. The van der Waals surface area contributed by atoms with Crippen LogP contribution in [0.25, 0.3) is 0 Å². The number of thioether (sulfide) groups is 1. The number of pyridine rings is 1. The van der Waals surface area contributed by atoms with Crippen LogP contribution in [0.1, 0.15) is 19.4 Å². The van der Waals surface area contributed by atoms with Crippen molar-refractivity contribution in [2.45, 2.75) is 25.8 Å². The number of amidine groups is 1. The van der Waals surface area contributed by atoms with Crippen molar-refractivity contribution in [3.05, 3.63) is 30.1 Å². The lowest BCUT2D eigenvalue weighted by Gasteiger charge is -2.15. The summed E-state index contributed by atoms with van der Waals surface area (Å²) in [6.07, 6.45) is 4.64. The summed E-state index contributed by atoms with van der Waals surface area (Å²) in [5.74, 6) is 1.10. The van der Waals surface area contributed by atoms with Gasteiger partial charge in [-0.1, -0.05) is 11.8 Å². The van der Waals surface area contributed by atoms with Gasteiger partial charge in [0, 0.05) is 30.2 Å². The van der Waals surface area contributed by atoms with Gasteiger partial charge >= 0.3 is 0 Å². The summed E-state index contributed by atoms with van der Waals surface area (Å²) in [7, 11) is 0. The average molecular weight is 235 g/mol. The second kappa shape index (κ2) is 4.87. The van der Waals surface area contributed by atoms with Gasteiger partial charge in [-0.05, 0) is 38.0 Å². The predicted molar refractivity (Wildman–Crippen MR) is 69.9 cm³/mol. The van der Waals surface area contributed by atoms with E-state index >= 15 is 0 Å². The molecule has 1 N–H and O–H groups in total. The smallest absolute Gasteiger partial charge is 0.157 e. The van der Waals surface area contributed by atoms with Crippen LogP contribution in [-0.2, 0) is 6.42 Å². The van der Waals surface area contributed by atoms with Crippen LogP contribution in [0, 0.1) is 0 Å². The molecule has 0 saturated carbocycles. The summed E-state index contributed by atoms with van der Waals surface area (Å²) >= 11 is 1.81. The molecule has 0 aromatic carbocycles. The molecule has 1 aliphatic heterocycles. The Morgan fingerprint density at radius 1 is 1.44 bits per heavy atom. The number of nitrogens with zero attached hydrogens (tertiary/aromatic N) is 2. The van der Waals surface area contributed by atoms with Crippen molar-refractivity contribution in [3.8, 4) is 0 Å². The molecular formula is C12H17N3S. The first-order chi connectivity index (χ1) is 7.66. The second-order valence-corrected chi connectivity index (χ2v) is 5.55. The van der Waals surface area contributed by atoms with Crippen LogP contribution < -0.4 is 5.32 Å². The molecule has 4 heteroatoms. The fourth-order valence-corrected chi connectivity index (χ4v) is 2.63. The summed E-state index contributed by atoms with van der Waals surface area (Å²) < 4.78 is 0. The van der Waals surface area contributed by atoms with Gasteiger partial charge in [0.1, 0.15) is 0 Å². The van der Waals surface area contributed by atoms with Crippen molar-refractivity contribution < 1.29 is 0 Å². The Morgan fingerprint density at radius 3 is 2.81 bits per heavy atom. The Kier molecular flexibility index (Phi) is 3.49. The van der Waals surface area contributed by atoms with Gasteiger partial charge in [0.2, 0.25) is 0 Å². The van der Waals surface area contributed by atoms with E-state index < -0.39 is 0 Å². The standard InChI is InChI=1S/C12H17N3S/c1-12(2)9-16-11(15-12)14-8-5-10-3-6-13-7-4-10/h3-4,6-7H,5,8-9H2,1-2H3,(H,14,15). The highest BCUT2D eigenvalue weighted by molar-refractivity contribution is 8.14. The summed E-state index contributed by atoms with van der Waals surface area (Å²) in [6.45, 7) is 5.24. The number of hydrogen-bond acceptors (Lipinski definition) is 3. The lowest BCUT2D eigenvalue weighted by atomic mass is 10.1. The van der Waals surface area contributed by atoms with E-state index in [0.717, 1.165) is 23.9 Å². The maximum atomic E-state index is 4.56. The molecule has 0 bridgehead atoms. The average Bonchev–Trinajstić information content (AvgIpc) is 2.60. The zero-order valence-electron chi connectivity index (χ0n) is 9.73. The zero-order chi connectivity index (χ0) is 11.4. The molecule has 1 aromatic rings. The summed E-state index contributed by atoms with van der Waals surface area (Å²) in [4.78, 5) is 8.56. The van der Waals surface area contributed by atoms with Gasteiger partial charge in [0.25, 0.3) is 0 Å². The van der Waals surface area contributed by atoms with Gasteiger partial charge in [-0.15, -0.1) is 0 Å². The zero-order valence-corrected chi connectivity index (χ0v) is 10.5. The molecule has 3 nitrogen and oxygen atoms in total. The molecule has 1 aromatic heterocycles. The van der Waals surface area contributed by atoms with Crippen LogP contribution in [0.3, 0.4) is 0 Å². The van der Waals surface area contributed by atoms with E-state index in [-0.39, 0.29) is 5.54 Å². The molecule has 0 amide bonds. The highest BCUT2D eigenvalue weighted by atomic mass is 32.2. The van der Waals surface area contributed by atoms with Crippen molar-refractivity contribution in [3.63, 3.8) is 0 Å². The molecule has 86 valence electrons. The van der Waals surface area contributed by atoms with Crippen molar-refractivity contribution in [2.75, 3.05) is 12.3 Å². The molecule has 0 unspecified atom stereocenters. The maximum Gasteiger partial charge on any atom is 0.157 e. The Labute approximate surface area is 101 Å². The van der Waals surface area contributed by atoms with Crippen molar-refractivity contribution in [1.82, 2.24) is 10.3 Å². The third-order valence-electron chi connectivity index (χ3n) is 2.42. The van der Waals surface area contributed by atoms with Crippen LogP contribution in [0.4, 0.5) is 0 Å². The van der Waals surface area contributed by atoms with Crippen molar-refractivity contribution in [2.24, 2.45) is 4.99 Å². The van der Waals surface area contributed by atoms with Gasteiger partial charge in [0.05, 0.1) is 0 Å². The number of aliphatic imine (C=N–C) groups is 1. The first-order valence-electron chi connectivity index (χ1n) is 5.50. The lowest BCUT2D eigenvalue weighted by Crippen LogP contribution is -2.36. The number of aromatic nitrogens is 1. The largest absolute Gasteiger partial charge is 0.359 e. The Bertz CT molecular complexity index is 373. The van der Waals surface area contributed by atoms with Crippen LogP contribution in [-0.4, -0.2) is 28.0 Å². The predicted octanol–water partition coefficient (Wildman–Crippen LogP) is 2.10. The van der Waals surface area contributed by atoms with Crippen LogP contribution in [0.15, 0.2) is 29.5 Å². The van der Waals surface area contributed by atoms with Gasteiger partial charge in [-0.25, -0.2) is 0 Å². The summed E-state index contributed by atoms with van der Waals surface area (Å²) in [6, 6.07) is 4.08. The first kappa shape index (κ1) is 11.5. The molecule has 0 aliphatic carbocycles. The van der Waals surface area contributed by atoms with Crippen molar-refractivity contribution in [1.29, 1.82) is 0 Å². The molecule has 1 fully saturated rings. The molecule has 2 heterocycles. The quantitative estimate of drug-likeness (QED) is 0.871. The number of nitrogens with one attached hydrogen (secondary N) is 1. The van der Waals surface area contributed by atoms with Crippen molar-refractivity contribution >= 4 is 16.9 Å². The van der Waals surface area contributed by atoms with Gasteiger partial charge in [-0.3, -0.25) is 9.98 Å². The fourth-order valence-electron chi connectivity index (χ4n) is 1.53. The minimum absolute atomic E-state index is 0.195. The normalized spacial score (nSPS) is 21.0. The van der Waals surface area contributed by atoms with Gasteiger partial charge < -0.3 is 5.32 Å². The Balaban J connectivity index is 1.82. The van der Waals surface area contributed by atoms with E-state index in [1.165, 1.54) is 5.56 Å². The summed E-state index contributed by atoms with van der Waals surface area (Å²) in [5, 5.41) is 4.50. The lowest BCUT2D eigenvalue weighted by molar-refractivity contribution is 0.536. The minimum Gasteiger partial charge on any atom is -0.359 e. The fraction of sp³-hybridized carbons (Fsp3) is 0.500. The number of rotatable bonds is 3. The van der Waals surface area contributed by atoms with E-state index in [1.807, 2.05) is 36.3 Å². The molecular weight excluding hydrogens is 218 g/mol. The molecule has 1 aliphatic rings. The second-order valence-electron chi connectivity index (χ2n) is 4.59. The SMILES string of the molecule is CC1(C)CSC(=NCCc2ccncc2)N1. The van der Waals surface area contributed by atoms with Crippen LogP contribution >= 0.6 is 11.8 Å². The van der Waals surface area contributed by atoms with E-state index in [4.69, 9.17) is 0 Å². The molecule has 1 saturated heterocycles. The monoisotopic (exact) mass is 235 g/mol. The topological polar surface area (TPSA) is 37.3 Å². The minimum atomic E-state index is 0.195. The van der Waals surface area contributed by atoms with Crippen LogP contribution in [0.5, 0.6) is 0 Å². The number of hydrogen-bond donors (Lipinski definition) is 1. The van der Waals surface area contributed by atoms with E-state index in [2.05, 4.69) is 29.1 Å². The molecule has 0 spiro atoms. The van der Waals surface area contributed by atoms with E-state index in [9.17, 15) is 0 Å². The molecule has 0 atom stereocenters. The molecule has 16 heavy (non-hydrogen) atoms. The maximum absolute atomic E-state index is 4.56. The molecule has 0 radical (unpaired) electrons. The van der Waals surface area contributed by atoms with E-state index in [0.29, 0.717) is 0 Å². The van der Waals surface area contributed by atoms with Gasteiger partial charge in [0.15, 0.2) is 5.17 Å². The third kappa shape index (κ3) is 3.23. The Hall–Kier alpha value is -1.03. The van der Waals surface area contributed by atoms with Crippen LogP contribution in [0.2, 0.25) is 0 Å². The summed E-state index contributed by atoms with van der Waals surface area (Å²) in [5.41, 5.74) is 1.49. The Morgan fingerprint density at radius 2 is 2.19 bits per heavy atom. The first-order valence-corrected chi connectivity index (χ1v) is 6.49.